The van der Waals surface area contributed by atoms with Crippen molar-refractivity contribution in [3.8, 4) is 11.5 Å². The molecule has 1 N–H and O–H groups in total. The molecule has 2 heterocycles. The number of nitrogens with zero attached hydrogens (tertiary/aromatic N) is 3. The van der Waals surface area contributed by atoms with E-state index in [-0.39, 0.29) is 17.5 Å². The van der Waals surface area contributed by atoms with Crippen LogP contribution in [-0.4, -0.2) is 53.8 Å². The number of hydrogen-bond acceptors (Lipinski definition) is 5. The molecule has 4 rings (SSSR count). The predicted octanol–water partition coefficient (Wildman–Crippen LogP) is 3.57. The van der Waals surface area contributed by atoms with E-state index in [1.807, 2.05) is 42.5 Å². The van der Waals surface area contributed by atoms with Gasteiger partial charge in [0.15, 0.2) is 17.2 Å². The van der Waals surface area contributed by atoms with Crippen LogP contribution in [0.3, 0.4) is 0 Å². The molecule has 0 saturated heterocycles. The van der Waals surface area contributed by atoms with E-state index >= 15 is 0 Å². The van der Waals surface area contributed by atoms with E-state index in [1.54, 1.807) is 29.9 Å². The van der Waals surface area contributed by atoms with Gasteiger partial charge in [-0.15, -0.1) is 0 Å². The fourth-order valence-corrected chi connectivity index (χ4v) is 4.08. The summed E-state index contributed by atoms with van der Waals surface area (Å²) in [5.74, 6) is 0.859. The summed E-state index contributed by atoms with van der Waals surface area (Å²) in [6, 6.07) is 14.7. The molecule has 0 unspecified atom stereocenters. The predicted molar refractivity (Wildman–Crippen MR) is 129 cm³/mol. The molecule has 34 heavy (non-hydrogen) atoms. The van der Waals surface area contributed by atoms with Crippen LogP contribution in [0.5, 0.6) is 11.5 Å². The van der Waals surface area contributed by atoms with Crippen LogP contribution in [0.25, 0.3) is 0 Å². The number of halogens is 1. The van der Waals surface area contributed by atoms with E-state index in [1.165, 1.54) is 0 Å². The number of carbonyl (C=O) groups excluding carboxylic acids is 2. The van der Waals surface area contributed by atoms with Crippen LogP contribution in [0.2, 0.25) is 5.02 Å². The Balaban J connectivity index is 1.39. The molecule has 0 aliphatic carbocycles. The van der Waals surface area contributed by atoms with Gasteiger partial charge in [0.05, 0.1) is 14.2 Å². The van der Waals surface area contributed by atoms with Gasteiger partial charge in [0.25, 0.3) is 11.8 Å². The van der Waals surface area contributed by atoms with Crippen molar-refractivity contribution in [2.75, 3.05) is 27.3 Å². The summed E-state index contributed by atoms with van der Waals surface area (Å²) < 4.78 is 12.2. The topological polar surface area (TPSA) is 85.7 Å². The third kappa shape index (κ3) is 5.34. The molecule has 0 spiro atoms. The van der Waals surface area contributed by atoms with Crippen LogP contribution in [0.15, 0.2) is 48.5 Å². The maximum Gasteiger partial charge on any atom is 0.272 e. The van der Waals surface area contributed by atoms with Crippen molar-refractivity contribution in [2.45, 2.75) is 25.9 Å². The molecule has 2 aromatic carbocycles. The van der Waals surface area contributed by atoms with Crippen molar-refractivity contribution >= 4 is 23.4 Å². The third-order valence-corrected chi connectivity index (χ3v) is 6.00. The van der Waals surface area contributed by atoms with Crippen molar-refractivity contribution in [1.82, 2.24) is 20.0 Å². The Morgan fingerprint density at radius 3 is 2.50 bits per heavy atom. The van der Waals surface area contributed by atoms with E-state index in [4.69, 9.17) is 21.1 Å². The molecule has 9 heteroatoms. The average molecular weight is 483 g/mol. The number of fused-ring (bicyclic) bond motifs is 1. The summed E-state index contributed by atoms with van der Waals surface area (Å²) in [4.78, 5) is 27.6. The number of carbonyl (C=O) groups is 2. The molecule has 0 bridgehead atoms. The van der Waals surface area contributed by atoms with E-state index in [2.05, 4.69) is 10.4 Å². The average Bonchev–Trinajstić information content (AvgIpc) is 3.22. The van der Waals surface area contributed by atoms with Crippen molar-refractivity contribution in [3.05, 3.63) is 76.1 Å². The first kappa shape index (κ1) is 23.6. The molecule has 1 aliphatic heterocycles. The normalized spacial score (nSPS) is 13.3. The fourth-order valence-electron chi connectivity index (χ4n) is 3.95. The summed E-state index contributed by atoms with van der Waals surface area (Å²) in [6.45, 7) is 2.11. The molecule has 1 aromatic heterocycles. The number of rotatable bonds is 8. The number of benzene rings is 2. The molecule has 3 aromatic rings. The van der Waals surface area contributed by atoms with Crippen molar-refractivity contribution in [1.29, 1.82) is 0 Å². The zero-order chi connectivity index (χ0) is 24.1. The van der Waals surface area contributed by atoms with Gasteiger partial charge in [-0.3, -0.25) is 14.3 Å². The van der Waals surface area contributed by atoms with Gasteiger partial charge < -0.3 is 19.7 Å². The number of nitrogens with one attached hydrogen (secondary N) is 1. The molecule has 0 fully saturated rings. The standard InChI is InChI=1S/C25H27ClN4O4/c1-33-22-9-6-17(14-23(22)34-2)10-11-27-24(31)20-15-21-25(32)29(12-3-13-30(21)28-20)16-18-4-7-19(26)8-5-18/h4-9,14-15H,3,10-13,16H2,1-2H3,(H,27,31). The van der Waals surface area contributed by atoms with Gasteiger partial charge in [-0.2, -0.15) is 5.10 Å². The second kappa shape index (κ2) is 10.6. The number of methoxy groups -OCH3 is 2. The molecular formula is C25H27ClN4O4. The van der Waals surface area contributed by atoms with Gasteiger partial charge in [0.1, 0.15) is 5.69 Å². The zero-order valence-corrected chi connectivity index (χ0v) is 20.0. The maximum atomic E-state index is 13.1. The molecule has 0 atom stereocenters. The molecule has 0 saturated carbocycles. The second-order valence-electron chi connectivity index (χ2n) is 8.04. The number of hydrogen-bond donors (Lipinski definition) is 1. The quantitative estimate of drug-likeness (QED) is 0.530. The minimum absolute atomic E-state index is 0.135. The van der Waals surface area contributed by atoms with Gasteiger partial charge in [0, 0.05) is 37.3 Å². The lowest BCUT2D eigenvalue weighted by Gasteiger charge is -2.20. The maximum absolute atomic E-state index is 13.1. The Morgan fingerprint density at radius 1 is 1.03 bits per heavy atom. The lowest BCUT2D eigenvalue weighted by Crippen LogP contribution is -2.30. The first-order valence-corrected chi connectivity index (χ1v) is 11.5. The van der Waals surface area contributed by atoms with Gasteiger partial charge in [-0.1, -0.05) is 29.8 Å². The minimum atomic E-state index is -0.307. The van der Waals surface area contributed by atoms with Crippen molar-refractivity contribution < 1.29 is 19.1 Å². The summed E-state index contributed by atoms with van der Waals surface area (Å²) in [6.07, 6.45) is 1.38. The van der Waals surface area contributed by atoms with Crippen LogP contribution in [0, 0.1) is 0 Å². The molecule has 0 radical (unpaired) electrons. The van der Waals surface area contributed by atoms with Gasteiger partial charge in [-0.25, -0.2) is 0 Å². The van der Waals surface area contributed by atoms with E-state index in [0.29, 0.717) is 54.8 Å². The number of ether oxygens (including phenoxy) is 2. The van der Waals surface area contributed by atoms with E-state index in [0.717, 1.165) is 17.5 Å². The Kier molecular flexibility index (Phi) is 7.37. The highest BCUT2D eigenvalue weighted by atomic mass is 35.5. The lowest BCUT2D eigenvalue weighted by atomic mass is 10.1. The van der Waals surface area contributed by atoms with Crippen LogP contribution in [0.1, 0.15) is 38.5 Å². The smallest absolute Gasteiger partial charge is 0.272 e. The Morgan fingerprint density at radius 2 is 1.76 bits per heavy atom. The SMILES string of the molecule is COc1ccc(CCNC(=O)c2cc3n(n2)CCCN(Cc2ccc(Cl)cc2)C3=O)cc1OC. The Bertz CT molecular complexity index is 1180. The monoisotopic (exact) mass is 482 g/mol. The summed E-state index contributed by atoms with van der Waals surface area (Å²) in [7, 11) is 3.18. The number of amides is 2. The number of aryl methyl sites for hydroxylation is 1. The number of aromatic nitrogens is 2. The molecular weight excluding hydrogens is 456 g/mol. The fraction of sp³-hybridized carbons (Fsp3) is 0.320. The van der Waals surface area contributed by atoms with Crippen molar-refractivity contribution in [2.24, 2.45) is 0 Å². The molecule has 1 aliphatic rings. The molecule has 8 nitrogen and oxygen atoms in total. The van der Waals surface area contributed by atoms with Gasteiger partial charge >= 0.3 is 0 Å². The van der Waals surface area contributed by atoms with Crippen LogP contribution in [-0.2, 0) is 19.5 Å². The zero-order valence-electron chi connectivity index (χ0n) is 19.2. The van der Waals surface area contributed by atoms with Crippen LogP contribution < -0.4 is 14.8 Å². The van der Waals surface area contributed by atoms with E-state index in [9.17, 15) is 9.59 Å². The Labute approximate surface area is 203 Å². The highest BCUT2D eigenvalue weighted by molar-refractivity contribution is 6.30. The third-order valence-electron chi connectivity index (χ3n) is 5.75. The molecule has 2 amide bonds. The van der Waals surface area contributed by atoms with E-state index < -0.39 is 0 Å². The largest absolute Gasteiger partial charge is 0.493 e. The minimum Gasteiger partial charge on any atom is -0.493 e. The second-order valence-corrected chi connectivity index (χ2v) is 8.48. The molecule has 178 valence electrons. The first-order chi connectivity index (χ1) is 16.5. The lowest BCUT2D eigenvalue weighted by molar-refractivity contribution is 0.0745. The summed E-state index contributed by atoms with van der Waals surface area (Å²) >= 11 is 5.96. The summed E-state index contributed by atoms with van der Waals surface area (Å²) in [5.41, 5.74) is 2.67. The van der Waals surface area contributed by atoms with Crippen molar-refractivity contribution in [3.63, 3.8) is 0 Å². The highest BCUT2D eigenvalue weighted by Gasteiger charge is 2.26. The summed E-state index contributed by atoms with van der Waals surface area (Å²) in [5, 5.41) is 7.94. The first-order valence-electron chi connectivity index (χ1n) is 11.1. The van der Waals surface area contributed by atoms with Gasteiger partial charge in [0.2, 0.25) is 0 Å². The van der Waals surface area contributed by atoms with Gasteiger partial charge in [-0.05, 0) is 48.2 Å². The van der Waals surface area contributed by atoms with Crippen LogP contribution >= 0.6 is 11.6 Å². The van der Waals surface area contributed by atoms with Crippen LogP contribution in [0.4, 0.5) is 0 Å². The highest BCUT2D eigenvalue weighted by Crippen LogP contribution is 2.27. The Hall–Kier alpha value is -3.52.